The molecule has 2 atom stereocenters. The summed E-state index contributed by atoms with van der Waals surface area (Å²) in [4.78, 5) is 17.6. The molecule has 180 valence electrons. The highest BCUT2D eigenvalue weighted by molar-refractivity contribution is 14.1. The van der Waals surface area contributed by atoms with Gasteiger partial charge in [0.05, 0.1) is 16.9 Å². The van der Waals surface area contributed by atoms with Crippen LogP contribution in [0.2, 0.25) is 0 Å². The average Bonchev–Trinajstić information content (AvgIpc) is 3.04. The fraction of sp³-hybridized carbons (Fsp3) is 0.455. The number of hydrogen-bond donors (Lipinski definition) is 1. The Morgan fingerprint density at radius 1 is 1.12 bits per heavy atom. The minimum atomic E-state index is -5.58. The first-order valence-corrected chi connectivity index (χ1v) is 11.0. The van der Waals surface area contributed by atoms with E-state index in [1.807, 2.05) is 0 Å². The van der Waals surface area contributed by atoms with Gasteiger partial charge in [0.2, 0.25) is 5.91 Å². The highest BCUT2D eigenvalue weighted by atomic mass is 127. The van der Waals surface area contributed by atoms with Crippen LogP contribution in [0.3, 0.4) is 0 Å². The van der Waals surface area contributed by atoms with Gasteiger partial charge in [0.25, 0.3) is 0 Å². The maximum atomic E-state index is 13.5. The molecule has 2 aliphatic rings. The van der Waals surface area contributed by atoms with Crippen LogP contribution >= 0.6 is 22.6 Å². The van der Waals surface area contributed by atoms with Crippen molar-refractivity contribution in [2.24, 2.45) is 22.2 Å². The van der Waals surface area contributed by atoms with E-state index >= 15 is 0 Å². The number of benzene rings is 1. The van der Waals surface area contributed by atoms with E-state index in [0.29, 0.717) is 5.69 Å². The minimum absolute atomic E-state index is 0.0740. The molecule has 0 aromatic heterocycles. The highest BCUT2D eigenvalue weighted by Gasteiger charge is 2.61. The summed E-state index contributed by atoms with van der Waals surface area (Å²) in [6, 6.07) is 8.32. The van der Waals surface area contributed by atoms with Crippen LogP contribution in [0.25, 0.3) is 0 Å². The van der Waals surface area contributed by atoms with E-state index in [9.17, 15) is 31.1 Å². The first kappa shape index (κ1) is 25.6. The fourth-order valence-electron chi connectivity index (χ4n) is 3.83. The summed E-state index contributed by atoms with van der Waals surface area (Å²) in [5.41, 5.74) is -2.96. The SMILES string of the molecule is CC1(C)COC(C2(C)C(I)=C(C(C(F)(F)F)C(F)(F)F)C=CC2C(=O)Nc2ccccc2)=N1. The standard InChI is InChI=1S/C22H21F6IN2O2/c1-19(2)11-33-18(31-19)20(3)14(17(32)30-12-7-5-4-6-8-12)10-9-13(16(20)29)15(21(23,24)25)22(26,27)28/h4-10,14-15H,11H2,1-3H3,(H,30,32). The van der Waals surface area contributed by atoms with Crippen molar-refractivity contribution in [1.82, 2.24) is 0 Å². The molecule has 33 heavy (non-hydrogen) atoms. The van der Waals surface area contributed by atoms with E-state index in [1.165, 1.54) is 29.5 Å². The molecular formula is C22H21F6IN2O2. The van der Waals surface area contributed by atoms with Crippen LogP contribution in [-0.2, 0) is 9.53 Å². The van der Waals surface area contributed by atoms with Gasteiger partial charge < -0.3 is 10.1 Å². The van der Waals surface area contributed by atoms with E-state index in [2.05, 4.69) is 10.3 Å². The van der Waals surface area contributed by atoms with Gasteiger partial charge in [-0.15, -0.1) is 0 Å². The molecule has 0 bridgehead atoms. The zero-order chi connectivity index (χ0) is 24.8. The zero-order valence-electron chi connectivity index (χ0n) is 17.8. The molecule has 4 nitrogen and oxygen atoms in total. The quantitative estimate of drug-likeness (QED) is 0.326. The molecule has 1 aromatic rings. The summed E-state index contributed by atoms with van der Waals surface area (Å²) in [5, 5.41) is 2.66. The van der Waals surface area contributed by atoms with Crippen molar-refractivity contribution >= 4 is 40.1 Å². The summed E-state index contributed by atoms with van der Waals surface area (Å²) in [5.74, 6) is -5.56. The second-order valence-corrected chi connectivity index (χ2v) is 9.78. The largest absolute Gasteiger partial charge is 0.478 e. The molecular weight excluding hydrogens is 565 g/mol. The third-order valence-corrected chi connectivity index (χ3v) is 7.24. The molecule has 0 radical (unpaired) electrons. The van der Waals surface area contributed by atoms with Crippen molar-refractivity contribution in [3.63, 3.8) is 0 Å². The number of hydrogen-bond acceptors (Lipinski definition) is 3. The number of ether oxygens (including phenoxy) is 1. The van der Waals surface area contributed by atoms with Crippen molar-refractivity contribution in [3.05, 3.63) is 51.6 Å². The molecule has 1 heterocycles. The fourth-order valence-corrected chi connectivity index (χ4v) is 4.89. The van der Waals surface area contributed by atoms with Crippen LogP contribution in [-0.4, -0.2) is 36.3 Å². The Kier molecular flexibility index (Phi) is 6.68. The molecule has 0 fully saturated rings. The lowest BCUT2D eigenvalue weighted by Gasteiger charge is -2.39. The summed E-state index contributed by atoms with van der Waals surface area (Å²) in [7, 11) is 0. The number of rotatable bonds is 4. The molecule has 1 aromatic carbocycles. The molecule has 0 saturated carbocycles. The molecule has 2 unspecified atom stereocenters. The molecule has 1 amide bonds. The lowest BCUT2D eigenvalue weighted by atomic mass is 9.70. The van der Waals surface area contributed by atoms with Gasteiger partial charge in [-0.2, -0.15) is 26.3 Å². The van der Waals surface area contributed by atoms with Crippen molar-refractivity contribution < 1.29 is 35.9 Å². The third kappa shape index (κ3) is 5.07. The van der Waals surface area contributed by atoms with Crippen LogP contribution in [0.1, 0.15) is 20.8 Å². The van der Waals surface area contributed by atoms with Gasteiger partial charge in [0.15, 0.2) is 11.8 Å². The topological polar surface area (TPSA) is 50.7 Å². The summed E-state index contributed by atoms with van der Waals surface area (Å²) in [6.07, 6.45) is -9.35. The van der Waals surface area contributed by atoms with Crippen molar-refractivity contribution in [2.45, 2.75) is 38.7 Å². The van der Waals surface area contributed by atoms with Gasteiger partial charge in [-0.1, -0.05) is 30.4 Å². The normalized spacial score (nSPS) is 25.2. The van der Waals surface area contributed by atoms with Gasteiger partial charge in [-0.25, -0.2) is 4.99 Å². The lowest BCUT2D eigenvalue weighted by molar-refractivity contribution is -0.270. The predicted molar refractivity (Wildman–Crippen MR) is 120 cm³/mol. The lowest BCUT2D eigenvalue weighted by Crippen LogP contribution is -2.46. The van der Waals surface area contributed by atoms with E-state index in [-0.39, 0.29) is 16.1 Å². The molecule has 11 heteroatoms. The Morgan fingerprint density at radius 3 is 2.18 bits per heavy atom. The number of aliphatic imine (C=N–C) groups is 1. The van der Waals surface area contributed by atoms with Crippen molar-refractivity contribution in [2.75, 3.05) is 11.9 Å². The number of carbonyl (C=O) groups excluding carboxylic acids is 1. The van der Waals surface area contributed by atoms with E-state index in [4.69, 9.17) is 4.74 Å². The second kappa shape index (κ2) is 8.62. The van der Waals surface area contributed by atoms with Crippen LogP contribution in [0, 0.1) is 17.3 Å². The van der Waals surface area contributed by atoms with Crippen molar-refractivity contribution in [3.8, 4) is 0 Å². The smallest absolute Gasteiger partial charge is 0.404 e. The minimum Gasteiger partial charge on any atom is -0.478 e. The molecule has 1 aliphatic heterocycles. The summed E-state index contributed by atoms with van der Waals surface area (Å²) < 4.78 is 86.6. The summed E-state index contributed by atoms with van der Waals surface area (Å²) >= 11 is 1.46. The van der Waals surface area contributed by atoms with Gasteiger partial charge in [0, 0.05) is 9.27 Å². The molecule has 0 saturated heterocycles. The van der Waals surface area contributed by atoms with E-state index in [0.717, 1.165) is 12.2 Å². The second-order valence-electron chi connectivity index (χ2n) is 8.70. The molecule has 1 aliphatic carbocycles. The van der Waals surface area contributed by atoms with Crippen LogP contribution < -0.4 is 5.32 Å². The molecule has 1 N–H and O–H groups in total. The first-order chi connectivity index (χ1) is 15.1. The number of amides is 1. The number of nitrogens with one attached hydrogen (secondary N) is 1. The number of anilines is 1. The first-order valence-electron chi connectivity index (χ1n) is 9.88. The average molecular weight is 586 g/mol. The zero-order valence-corrected chi connectivity index (χ0v) is 20.0. The number of halogens is 7. The maximum Gasteiger partial charge on any atom is 0.404 e. The Labute approximate surface area is 200 Å². The molecule has 0 spiro atoms. The van der Waals surface area contributed by atoms with Crippen LogP contribution in [0.4, 0.5) is 32.0 Å². The predicted octanol–water partition coefficient (Wildman–Crippen LogP) is 6.45. The number of para-hydroxylation sites is 1. The van der Waals surface area contributed by atoms with E-state index < -0.39 is 46.6 Å². The van der Waals surface area contributed by atoms with Crippen molar-refractivity contribution in [1.29, 1.82) is 0 Å². The highest BCUT2D eigenvalue weighted by Crippen LogP contribution is 2.54. The van der Waals surface area contributed by atoms with Gasteiger partial charge in [-0.05, 0) is 61.1 Å². The van der Waals surface area contributed by atoms with Crippen LogP contribution in [0.15, 0.2) is 56.6 Å². The monoisotopic (exact) mass is 586 g/mol. The number of alkyl halides is 6. The maximum absolute atomic E-state index is 13.5. The Hall–Kier alpha value is -2.05. The molecule has 3 rings (SSSR count). The van der Waals surface area contributed by atoms with E-state index in [1.54, 1.807) is 44.2 Å². The third-order valence-electron chi connectivity index (χ3n) is 5.50. The Bertz CT molecular complexity index is 1000. The van der Waals surface area contributed by atoms with Crippen LogP contribution in [0.5, 0.6) is 0 Å². The number of nitrogens with zero attached hydrogens (tertiary/aromatic N) is 1. The Balaban J connectivity index is 2.15. The van der Waals surface area contributed by atoms with Gasteiger partial charge in [0.1, 0.15) is 6.61 Å². The van der Waals surface area contributed by atoms with Gasteiger partial charge >= 0.3 is 12.4 Å². The number of carbonyl (C=O) groups is 1. The number of allylic oxidation sites excluding steroid dienone is 2. The Morgan fingerprint density at radius 2 is 1.70 bits per heavy atom. The summed E-state index contributed by atoms with van der Waals surface area (Å²) in [6.45, 7) is 4.90. The van der Waals surface area contributed by atoms with Gasteiger partial charge in [-0.3, -0.25) is 4.79 Å².